The highest BCUT2D eigenvalue weighted by atomic mass is 16.2. The molecule has 0 bridgehead atoms. The van der Waals surface area contributed by atoms with Crippen LogP contribution in [0.5, 0.6) is 0 Å². The lowest BCUT2D eigenvalue weighted by Gasteiger charge is -2.37. The maximum absolute atomic E-state index is 12.9. The van der Waals surface area contributed by atoms with Crippen LogP contribution < -0.4 is 9.80 Å². The van der Waals surface area contributed by atoms with Crippen molar-refractivity contribution in [2.45, 2.75) is 38.1 Å². The quantitative estimate of drug-likeness (QED) is 0.841. The number of carbonyl (C=O) groups is 1. The van der Waals surface area contributed by atoms with Crippen molar-refractivity contribution < 1.29 is 4.79 Å². The van der Waals surface area contributed by atoms with E-state index in [-0.39, 0.29) is 12.5 Å². The van der Waals surface area contributed by atoms with Crippen LogP contribution in [0.25, 0.3) is 0 Å². The van der Waals surface area contributed by atoms with E-state index >= 15 is 0 Å². The summed E-state index contributed by atoms with van der Waals surface area (Å²) in [5.74, 6) is 1.49. The molecule has 2 aliphatic carbocycles. The Balaban J connectivity index is 1.34. The first-order valence-electron chi connectivity index (χ1n) is 9.32. The van der Waals surface area contributed by atoms with Gasteiger partial charge in [0.25, 0.3) is 0 Å². The van der Waals surface area contributed by atoms with Crippen molar-refractivity contribution in [3.8, 4) is 0 Å². The van der Waals surface area contributed by atoms with E-state index in [2.05, 4.69) is 33.4 Å². The molecule has 1 amide bonds. The predicted octanol–water partition coefficient (Wildman–Crippen LogP) is 2.42. The highest BCUT2D eigenvalue weighted by Crippen LogP contribution is 2.39. The van der Waals surface area contributed by atoms with Gasteiger partial charge in [-0.05, 0) is 43.7 Å². The van der Waals surface area contributed by atoms with Gasteiger partial charge in [0.1, 0.15) is 6.54 Å². The average molecular weight is 337 g/mol. The molecule has 1 aromatic heterocycles. The van der Waals surface area contributed by atoms with Crippen LogP contribution in [0.1, 0.15) is 37.3 Å². The molecule has 0 radical (unpaired) electrons. The highest BCUT2D eigenvalue weighted by molar-refractivity contribution is 5.97. The van der Waals surface area contributed by atoms with Crippen LogP contribution in [-0.4, -0.2) is 40.5 Å². The van der Waals surface area contributed by atoms with Gasteiger partial charge in [-0.15, -0.1) is 5.10 Å². The first-order chi connectivity index (χ1) is 12.3. The molecule has 5 rings (SSSR count). The van der Waals surface area contributed by atoms with Gasteiger partial charge in [0.15, 0.2) is 0 Å². The molecule has 130 valence electrons. The zero-order valence-corrected chi connectivity index (χ0v) is 14.3. The van der Waals surface area contributed by atoms with Crippen LogP contribution in [0.4, 0.5) is 11.4 Å². The molecule has 0 N–H and O–H groups in total. The van der Waals surface area contributed by atoms with Gasteiger partial charge in [-0.2, -0.15) is 0 Å². The molecule has 2 saturated carbocycles. The average Bonchev–Trinajstić information content (AvgIpc) is 3.56. The number of aromatic nitrogens is 3. The minimum absolute atomic E-state index is 0.0887. The largest absolute Gasteiger partial charge is 0.368 e. The summed E-state index contributed by atoms with van der Waals surface area (Å²) in [5, 5.41) is 8.35. The summed E-state index contributed by atoms with van der Waals surface area (Å²) in [5.41, 5.74) is 3.25. The Bertz CT molecular complexity index is 793. The van der Waals surface area contributed by atoms with E-state index in [4.69, 9.17) is 0 Å². The Hall–Kier alpha value is -2.37. The summed E-state index contributed by atoms with van der Waals surface area (Å²) in [6, 6.07) is 8.27. The number of benzene rings is 1. The first kappa shape index (κ1) is 14.9. The molecule has 3 aliphatic rings. The number of hydrogen-bond donors (Lipinski definition) is 0. The zero-order valence-electron chi connectivity index (χ0n) is 14.3. The molecule has 2 heterocycles. The van der Waals surface area contributed by atoms with E-state index in [9.17, 15) is 4.79 Å². The second kappa shape index (κ2) is 5.86. The summed E-state index contributed by atoms with van der Waals surface area (Å²) in [7, 11) is 0. The molecule has 6 nitrogen and oxygen atoms in total. The molecule has 0 atom stereocenters. The van der Waals surface area contributed by atoms with Gasteiger partial charge in [0.05, 0.1) is 17.1 Å². The lowest BCUT2D eigenvalue weighted by Crippen LogP contribution is -2.45. The van der Waals surface area contributed by atoms with Gasteiger partial charge < -0.3 is 9.80 Å². The van der Waals surface area contributed by atoms with Gasteiger partial charge in [0.2, 0.25) is 5.91 Å². The minimum Gasteiger partial charge on any atom is -0.368 e. The number of anilines is 2. The minimum atomic E-state index is 0.0887. The molecule has 1 aromatic carbocycles. The lowest BCUT2D eigenvalue weighted by atomic mass is 10.1. The normalized spacial score (nSPS) is 19.8. The van der Waals surface area contributed by atoms with Crippen LogP contribution in [0.2, 0.25) is 0 Å². The van der Waals surface area contributed by atoms with Crippen molar-refractivity contribution in [3.63, 3.8) is 0 Å². The summed E-state index contributed by atoms with van der Waals surface area (Å²) in [6.07, 6.45) is 7.02. The number of carbonyl (C=O) groups excluding carboxylic acids is 1. The molecule has 6 heteroatoms. The number of nitrogens with zero attached hydrogens (tertiary/aromatic N) is 5. The van der Waals surface area contributed by atoms with E-state index in [1.807, 2.05) is 17.2 Å². The van der Waals surface area contributed by atoms with Gasteiger partial charge in [0, 0.05) is 31.7 Å². The highest BCUT2D eigenvalue weighted by Gasteiger charge is 2.31. The van der Waals surface area contributed by atoms with Crippen molar-refractivity contribution in [1.82, 2.24) is 15.0 Å². The molecule has 0 unspecified atom stereocenters. The Labute approximate surface area is 147 Å². The summed E-state index contributed by atoms with van der Waals surface area (Å²) >= 11 is 0. The number of hydrogen-bond acceptors (Lipinski definition) is 4. The third-order valence-electron chi connectivity index (χ3n) is 5.43. The summed E-state index contributed by atoms with van der Waals surface area (Å²) < 4.78 is 1.69. The maximum atomic E-state index is 12.9. The van der Waals surface area contributed by atoms with Crippen LogP contribution in [0.15, 0.2) is 30.5 Å². The van der Waals surface area contributed by atoms with Crippen molar-refractivity contribution in [1.29, 1.82) is 0 Å². The molecule has 2 fully saturated rings. The maximum Gasteiger partial charge on any atom is 0.248 e. The van der Waals surface area contributed by atoms with Gasteiger partial charge in [-0.1, -0.05) is 17.3 Å². The third-order valence-corrected chi connectivity index (χ3v) is 5.43. The first-order valence-corrected chi connectivity index (χ1v) is 9.32. The SMILES string of the molecule is O=C(Cn1cc(C2CC2)nn1)N1CCN(CC2CC2)c2ccccc21. The van der Waals surface area contributed by atoms with Crippen LogP contribution in [-0.2, 0) is 11.3 Å². The van der Waals surface area contributed by atoms with Crippen molar-refractivity contribution in [2.75, 3.05) is 29.4 Å². The smallest absolute Gasteiger partial charge is 0.248 e. The standard InChI is InChI=1S/C19H23N5O/c25-19(13-23-12-16(20-21-23)15-7-8-15)24-10-9-22(11-14-5-6-14)17-3-1-2-4-18(17)24/h1-4,12,14-15H,5-11,13H2. The zero-order chi connectivity index (χ0) is 16.8. The molecule has 0 spiro atoms. The van der Waals surface area contributed by atoms with E-state index in [0.717, 1.165) is 36.9 Å². The molecular weight excluding hydrogens is 314 g/mol. The third kappa shape index (κ3) is 3.01. The summed E-state index contributed by atoms with van der Waals surface area (Å²) in [6.45, 7) is 3.03. The Kier molecular flexibility index (Phi) is 3.50. The van der Waals surface area contributed by atoms with E-state index < -0.39 is 0 Å². The molecule has 2 aromatic rings. The van der Waals surface area contributed by atoms with Crippen LogP contribution in [0.3, 0.4) is 0 Å². The lowest BCUT2D eigenvalue weighted by molar-refractivity contribution is -0.119. The van der Waals surface area contributed by atoms with Gasteiger partial charge in [-0.25, -0.2) is 4.68 Å². The van der Waals surface area contributed by atoms with Crippen molar-refractivity contribution in [3.05, 3.63) is 36.2 Å². The molecular formula is C19H23N5O. The Morgan fingerprint density at radius 2 is 1.88 bits per heavy atom. The molecule has 25 heavy (non-hydrogen) atoms. The van der Waals surface area contributed by atoms with Crippen molar-refractivity contribution >= 4 is 17.3 Å². The molecule has 1 aliphatic heterocycles. The van der Waals surface area contributed by atoms with Gasteiger partial charge >= 0.3 is 0 Å². The summed E-state index contributed by atoms with van der Waals surface area (Å²) in [4.78, 5) is 17.2. The monoisotopic (exact) mass is 337 g/mol. The van der Waals surface area contributed by atoms with E-state index in [1.54, 1.807) is 4.68 Å². The second-order valence-electron chi connectivity index (χ2n) is 7.54. The number of para-hydroxylation sites is 2. The topological polar surface area (TPSA) is 54.3 Å². The fraction of sp³-hybridized carbons (Fsp3) is 0.526. The number of fused-ring (bicyclic) bond motifs is 1. The van der Waals surface area contributed by atoms with E-state index in [1.165, 1.54) is 31.4 Å². The number of rotatable bonds is 5. The van der Waals surface area contributed by atoms with E-state index in [0.29, 0.717) is 5.92 Å². The number of amides is 1. The fourth-order valence-corrected chi connectivity index (χ4v) is 3.66. The Morgan fingerprint density at radius 1 is 1.08 bits per heavy atom. The Morgan fingerprint density at radius 3 is 2.64 bits per heavy atom. The van der Waals surface area contributed by atoms with Crippen LogP contribution >= 0.6 is 0 Å². The second-order valence-corrected chi connectivity index (χ2v) is 7.54. The van der Waals surface area contributed by atoms with Gasteiger partial charge in [-0.3, -0.25) is 4.79 Å². The molecule has 0 saturated heterocycles. The fourth-order valence-electron chi connectivity index (χ4n) is 3.66. The predicted molar refractivity (Wildman–Crippen MR) is 95.7 cm³/mol. The van der Waals surface area contributed by atoms with Crippen LogP contribution in [0, 0.1) is 5.92 Å². The van der Waals surface area contributed by atoms with Crippen molar-refractivity contribution in [2.24, 2.45) is 5.92 Å².